The molecule has 0 amide bonds. The zero-order valence-electron chi connectivity index (χ0n) is 18.7. The average Bonchev–Trinajstić information content (AvgIpc) is 2.98. The minimum atomic E-state index is -3.02. The van der Waals surface area contributed by atoms with Gasteiger partial charge in [0.25, 0.3) is 0 Å². The van der Waals surface area contributed by atoms with E-state index in [4.69, 9.17) is 0 Å². The number of fused-ring (bicyclic) bond motifs is 1. The van der Waals surface area contributed by atoms with Crippen LogP contribution in [0.5, 0.6) is 0 Å². The summed E-state index contributed by atoms with van der Waals surface area (Å²) in [4.78, 5) is 0. The van der Waals surface area contributed by atoms with Crippen LogP contribution in [0.2, 0.25) is 9.45 Å². The van der Waals surface area contributed by atoms with Crippen molar-refractivity contribution in [2.75, 3.05) is 0 Å². The first-order chi connectivity index (χ1) is 12.6. The molecule has 0 aliphatic heterocycles. The van der Waals surface area contributed by atoms with Gasteiger partial charge in [0.1, 0.15) is 0 Å². The molecule has 160 valence electrons. The second kappa shape index (κ2) is 9.42. The van der Waals surface area contributed by atoms with Crippen molar-refractivity contribution in [3.63, 3.8) is 0 Å². The molecule has 0 saturated heterocycles. The van der Waals surface area contributed by atoms with Crippen LogP contribution in [0, 0.1) is 0 Å². The zero-order chi connectivity index (χ0) is 19.9. The van der Waals surface area contributed by atoms with Crippen molar-refractivity contribution in [1.29, 1.82) is 0 Å². The Kier molecular flexibility index (Phi) is 8.67. The number of benzene rings is 2. The van der Waals surface area contributed by atoms with E-state index in [9.17, 15) is 0 Å². The first kappa shape index (κ1) is 26.7. The molecule has 29 heavy (non-hydrogen) atoms. The summed E-state index contributed by atoms with van der Waals surface area (Å²) in [7, 11) is 2.38. The Balaban J connectivity index is 0.00000210. The molecule has 0 saturated carbocycles. The first-order valence-electron chi connectivity index (χ1n) is 10.3. The fourth-order valence-corrected chi connectivity index (χ4v) is 19.4. The minimum Gasteiger partial charge on any atom is -0.147 e. The van der Waals surface area contributed by atoms with Gasteiger partial charge in [-0.25, -0.2) is 0 Å². The van der Waals surface area contributed by atoms with E-state index in [1.165, 1.54) is 26.1 Å². The fourth-order valence-electron chi connectivity index (χ4n) is 5.35. The van der Waals surface area contributed by atoms with Crippen LogP contribution in [0.25, 0.3) is 17.2 Å². The molecule has 1 nitrogen and oxygen atoms in total. The maximum absolute atomic E-state index is 4.28. The average molecular weight is 486 g/mol. The number of allylic oxidation sites excluding steroid dienone is 1. The van der Waals surface area contributed by atoms with Gasteiger partial charge in [-0.3, -0.25) is 0 Å². The van der Waals surface area contributed by atoms with Crippen LogP contribution in [-0.2, 0) is 14.3 Å². The van der Waals surface area contributed by atoms with Gasteiger partial charge in [0.05, 0.1) is 0 Å². The van der Waals surface area contributed by atoms with Crippen molar-refractivity contribution >= 4 is 38.5 Å². The molecule has 1 atom stereocenters. The molecular formula is C24H37Cl2NSiTi. The summed E-state index contributed by atoms with van der Waals surface area (Å²) in [5, 5.41) is 0. The predicted molar refractivity (Wildman–Crippen MR) is 135 cm³/mol. The van der Waals surface area contributed by atoms with E-state index >= 15 is 0 Å². The van der Waals surface area contributed by atoms with Crippen LogP contribution in [0.3, 0.4) is 0 Å². The molecule has 0 bridgehead atoms. The second-order valence-corrected chi connectivity index (χ2v) is 26.7. The maximum atomic E-state index is 4.28. The Hall–Kier alpha value is -0.349. The van der Waals surface area contributed by atoms with Crippen molar-refractivity contribution in [3.05, 3.63) is 65.2 Å². The summed E-state index contributed by atoms with van der Waals surface area (Å²) >= 11 is -3.02. The van der Waals surface area contributed by atoms with Crippen molar-refractivity contribution in [1.82, 2.24) is 3.80 Å². The van der Waals surface area contributed by atoms with Gasteiger partial charge in [-0.05, 0) is 0 Å². The molecule has 0 radical (unpaired) electrons. The first-order valence-corrected chi connectivity index (χ1v) is 18.2. The molecule has 0 fully saturated rings. The second-order valence-electron chi connectivity index (χ2n) is 9.62. The zero-order valence-corrected chi connectivity index (χ0v) is 23.3. The summed E-state index contributed by atoms with van der Waals surface area (Å²) < 4.78 is 7.43. The Bertz CT molecular complexity index is 937. The Morgan fingerprint density at radius 1 is 0.931 bits per heavy atom. The Morgan fingerprint density at radius 3 is 2.03 bits per heavy atom. The van der Waals surface area contributed by atoms with E-state index in [1.54, 1.807) is 11.1 Å². The summed E-state index contributed by atoms with van der Waals surface area (Å²) in [5.41, 5.74) is 7.40. The number of hydrogen-bond acceptors (Lipinski definition) is 1. The summed E-state index contributed by atoms with van der Waals surface area (Å²) in [6.07, 6.45) is 2.48. The molecule has 2 aromatic carbocycles. The largest absolute Gasteiger partial charge is 0.147 e. The van der Waals surface area contributed by atoms with Crippen molar-refractivity contribution in [2.45, 2.75) is 60.8 Å². The quantitative estimate of drug-likeness (QED) is 0.446. The van der Waals surface area contributed by atoms with Crippen LogP contribution >= 0.6 is 24.8 Å². The van der Waals surface area contributed by atoms with Gasteiger partial charge in [0.2, 0.25) is 0 Å². The topological polar surface area (TPSA) is 12.0 Å². The summed E-state index contributed by atoms with van der Waals surface area (Å²) in [5.74, 6) is 0. The number of rotatable bonds is 5. The van der Waals surface area contributed by atoms with Gasteiger partial charge in [0, 0.05) is 0 Å². The molecule has 0 aromatic heterocycles. The van der Waals surface area contributed by atoms with E-state index in [-0.39, 0.29) is 30.4 Å². The molecule has 3 rings (SSSR count). The molecule has 1 N–H and O–H groups in total. The third kappa shape index (κ3) is 4.95. The van der Waals surface area contributed by atoms with E-state index < -0.39 is 14.3 Å². The number of halogens is 2. The van der Waals surface area contributed by atoms with Gasteiger partial charge in [-0.1, -0.05) is 0 Å². The predicted octanol–water partition coefficient (Wildman–Crippen LogP) is 7.07. The van der Waals surface area contributed by atoms with Crippen LogP contribution < -0.4 is 3.80 Å². The smallest absolute Gasteiger partial charge is 0.147 e. The fraction of sp³-hybridized carbons (Fsp3) is 0.417. The van der Waals surface area contributed by atoms with E-state index in [0.29, 0.717) is 4.22 Å². The van der Waals surface area contributed by atoms with Gasteiger partial charge in [-0.15, -0.1) is 24.8 Å². The van der Waals surface area contributed by atoms with Crippen LogP contribution in [0.1, 0.15) is 56.9 Å². The number of hydrogen-bond donors (Lipinski definition) is 1. The molecule has 0 heterocycles. The van der Waals surface area contributed by atoms with Crippen LogP contribution in [-0.4, -0.2) is 13.2 Å². The van der Waals surface area contributed by atoms with Gasteiger partial charge in [-0.2, -0.15) is 0 Å². The van der Waals surface area contributed by atoms with Crippen molar-refractivity contribution < 1.29 is 14.3 Å². The normalized spacial score (nSPS) is 16.4. The molecular weight excluding hydrogens is 449 g/mol. The van der Waals surface area contributed by atoms with Crippen molar-refractivity contribution in [2.24, 2.45) is 0 Å². The third-order valence-electron chi connectivity index (χ3n) is 6.59. The Labute approximate surface area is 192 Å². The van der Waals surface area contributed by atoms with E-state index in [2.05, 4.69) is 108 Å². The molecule has 5 heteroatoms. The maximum Gasteiger partial charge on any atom is -0.147 e. The van der Waals surface area contributed by atoms with Crippen molar-refractivity contribution in [3.8, 4) is 11.1 Å². The summed E-state index contributed by atoms with van der Waals surface area (Å²) in [6, 6.07) is 17.8. The van der Waals surface area contributed by atoms with Crippen LogP contribution in [0.15, 0.2) is 54.1 Å². The molecule has 0 spiro atoms. The van der Waals surface area contributed by atoms with E-state index in [1.807, 2.05) is 0 Å². The SMILES string of the molecule is C[CH2][Ti](=[SiH2])([CH2]C)([NH]C(C)(C)C)[CH]1C(C)=Cc2c(-c3ccccc3)cccc21.Cl.Cl. The number of nitrogens with one attached hydrogen (secondary N) is 1. The van der Waals surface area contributed by atoms with Gasteiger partial charge in [0.15, 0.2) is 0 Å². The molecule has 1 aliphatic rings. The van der Waals surface area contributed by atoms with Gasteiger partial charge >= 0.3 is 169 Å². The molecule has 2 aromatic rings. The van der Waals surface area contributed by atoms with E-state index in [0.717, 1.165) is 0 Å². The monoisotopic (exact) mass is 485 g/mol. The summed E-state index contributed by atoms with van der Waals surface area (Å²) in [6.45, 7) is 14.2. The minimum absolute atomic E-state index is 0. The van der Waals surface area contributed by atoms with Crippen LogP contribution in [0.4, 0.5) is 0 Å². The molecule has 1 unspecified atom stereocenters. The Morgan fingerprint density at radius 2 is 1.52 bits per heavy atom. The third-order valence-corrected chi connectivity index (χ3v) is 24.4. The molecule has 1 aliphatic carbocycles. The van der Waals surface area contributed by atoms with Gasteiger partial charge < -0.3 is 0 Å². The standard InChI is InChI=1S/C16H13.C4H10N.2C2H5.2ClH.H2Si.Ti/c1-12-10-14-8-5-9-15(16(14)11-12)13-6-3-2-4-7-13;1-4(2,3)5;2*1-2;;;;/h2-11H,1H3;5H,1-3H3;2*1H2,2H3;2*1H;1H2;/q;-1;;;;;;+1.